The third-order valence-electron chi connectivity index (χ3n) is 8.85. The van der Waals surface area contributed by atoms with Crippen LogP contribution in [-0.2, 0) is 0 Å². The smallest absolute Gasteiger partial charge is 0.0548 e. The van der Waals surface area contributed by atoms with E-state index in [1.165, 1.54) is 44.7 Å². The molecule has 0 aromatic carbocycles. The topological polar surface area (TPSA) is 59.1 Å². The van der Waals surface area contributed by atoms with Gasteiger partial charge in [-0.25, -0.2) is 0 Å². The van der Waals surface area contributed by atoms with Crippen molar-refractivity contribution in [3.8, 4) is 0 Å². The summed E-state index contributed by atoms with van der Waals surface area (Å²) in [5, 5.41) is 10.3. The SMILES string of the molecule is CC12CCC3C(CCC4CC(O)CC43C)C1CC=C2c1cccnc1.CN. The molecule has 3 saturated carbocycles. The number of fused-ring (bicyclic) bond motifs is 5. The van der Waals surface area contributed by atoms with Gasteiger partial charge in [0, 0.05) is 12.4 Å². The molecule has 3 heteroatoms. The van der Waals surface area contributed by atoms with Gasteiger partial charge in [0.2, 0.25) is 0 Å². The van der Waals surface area contributed by atoms with Gasteiger partial charge in [0.05, 0.1) is 6.10 Å². The molecule has 1 heterocycles. The Kier molecular flexibility index (Phi) is 4.97. The molecule has 3 fully saturated rings. The Morgan fingerprint density at radius 3 is 2.70 bits per heavy atom. The number of aliphatic hydroxyl groups is 1. The third-order valence-corrected chi connectivity index (χ3v) is 8.85. The molecule has 7 unspecified atom stereocenters. The summed E-state index contributed by atoms with van der Waals surface area (Å²) in [6, 6.07) is 4.31. The maximum Gasteiger partial charge on any atom is 0.0548 e. The van der Waals surface area contributed by atoms with Crippen LogP contribution < -0.4 is 5.73 Å². The Balaban J connectivity index is 0.000000872. The van der Waals surface area contributed by atoms with Crippen molar-refractivity contribution in [2.75, 3.05) is 7.05 Å². The first-order valence-corrected chi connectivity index (χ1v) is 10.9. The fourth-order valence-electron chi connectivity index (χ4n) is 7.70. The van der Waals surface area contributed by atoms with Crippen molar-refractivity contribution < 1.29 is 5.11 Å². The first-order valence-electron chi connectivity index (χ1n) is 10.9. The Labute approximate surface area is 164 Å². The van der Waals surface area contributed by atoms with Gasteiger partial charge in [0.15, 0.2) is 0 Å². The number of aliphatic hydroxyl groups excluding tert-OH is 1. The lowest BCUT2D eigenvalue weighted by molar-refractivity contribution is -0.0657. The number of hydrogen-bond donors (Lipinski definition) is 2. The van der Waals surface area contributed by atoms with E-state index in [4.69, 9.17) is 0 Å². The van der Waals surface area contributed by atoms with E-state index in [-0.39, 0.29) is 6.10 Å². The zero-order chi connectivity index (χ0) is 19.2. The van der Waals surface area contributed by atoms with Crippen LogP contribution in [0, 0.1) is 34.5 Å². The standard InChI is InChI=1S/C23H31NO.CH5N/c1-22-10-9-21-18(6-5-16-12-17(25)13-23(16,21)2)20(22)8-7-19(22)15-4-3-11-24-14-15;1-2/h3-4,7,11,14,16-18,20-21,25H,5-6,8-10,12-13H2,1-2H3;2H2,1H3. The van der Waals surface area contributed by atoms with Crippen LogP contribution in [0.2, 0.25) is 0 Å². The van der Waals surface area contributed by atoms with Gasteiger partial charge in [0.1, 0.15) is 0 Å². The molecule has 3 nitrogen and oxygen atoms in total. The number of aromatic nitrogens is 1. The minimum absolute atomic E-state index is 0.0466. The predicted octanol–water partition coefficient (Wildman–Crippen LogP) is 4.66. The second kappa shape index (κ2) is 7.00. The van der Waals surface area contributed by atoms with Crippen molar-refractivity contribution >= 4 is 5.57 Å². The molecular formula is C24H36N2O. The van der Waals surface area contributed by atoms with Gasteiger partial charge in [-0.05, 0) is 104 Å². The molecule has 1 aromatic heterocycles. The van der Waals surface area contributed by atoms with E-state index in [2.05, 4.69) is 49.0 Å². The van der Waals surface area contributed by atoms with Gasteiger partial charge in [-0.15, -0.1) is 0 Å². The van der Waals surface area contributed by atoms with Crippen molar-refractivity contribution in [1.29, 1.82) is 0 Å². The number of allylic oxidation sites excluding steroid dienone is 2. The normalized spacial score (nSPS) is 45.1. The van der Waals surface area contributed by atoms with Crippen molar-refractivity contribution in [1.82, 2.24) is 4.98 Å². The van der Waals surface area contributed by atoms with Crippen molar-refractivity contribution in [2.24, 2.45) is 40.2 Å². The number of pyridine rings is 1. The predicted molar refractivity (Wildman–Crippen MR) is 111 cm³/mol. The van der Waals surface area contributed by atoms with Crippen LogP contribution in [-0.4, -0.2) is 23.2 Å². The fraction of sp³-hybridized carbons (Fsp3) is 0.708. The van der Waals surface area contributed by atoms with E-state index in [1.807, 2.05) is 6.20 Å². The van der Waals surface area contributed by atoms with Crippen LogP contribution >= 0.6 is 0 Å². The highest BCUT2D eigenvalue weighted by atomic mass is 16.3. The van der Waals surface area contributed by atoms with E-state index in [9.17, 15) is 5.11 Å². The average molecular weight is 369 g/mol. The van der Waals surface area contributed by atoms with Gasteiger partial charge >= 0.3 is 0 Å². The van der Waals surface area contributed by atoms with E-state index in [0.29, 0.717) is 10.8 Å². The molecule has 0 amide bonds. The molecule has 5 rings (SSSR count). The molecule has 3 N–H and O–H groups in total. The number of nitrogens with zero attached hydrogens (tertiary/aromatic N) is 1. The van der Waals surface area contributed by atoms with Crippen molar-refractivity contribution in [3.63, 3.8) is 0 Å². The Bertz CT molecular complexity index is 702. The van der Waals surface area contributed by atoms with Crippen LogP contribution in [0.3, 0.4) is 0 Å². The molecule has 0 bridgehead atoms. The highest BCUT2D eigenvalue weighted by Crippen LogP contribution is 2.68. The molecule has 0 aliphatic heterocycles. The first-order chi connectivity index (χ1) is 13.0. The minimum Gasteiger partial charge on any atom is -0.393 e. The first kappa shape index (κ1) is 19.1. The maximum atomic E-state index is 10.3. The fourth-order valence-corrected chi connectivity index (χ4v) is 7.70. The van der Waals surface area contributed by atoms with Crippen molar-refractivity contribution in [2.45, 2.75) is 64.9 Å². The molecule has 1 aromatic rings. The molecule has 0 spiro atoms. The van der Waals surface area contributed by atoms with E-state index < -0.39 is 0 Å². The summed E-state index contributed by atoms with van der Waals surface area (Å²) in [6.07, 6.45) is 15.1. The molecule has 0 radical (unpaired) electrons. The zero-order valence-electron chi connectivity index (χ0n) is 17.2. The number of nitrogens with two attached hydrogens (primary N) is 1. The lowest BCUT2D eigenvalue weighted by Crippen LogP contribution is -2.49. The highest BCUT2D eigenvalue weighted by molar-refractivity contribution is 5.72. The van der Waals surface area contributed by atoms with E-state index in [0.717, 1.165) is 36.5 Å². The summed E-state index contributed by atoms with van der Waals surface area (Å²) >= 11 is 0. The summed E-state index contributed by atoms with van der Waals surface area (Å²) < 4.78 is 0. The summed E-state index contributed by atoms with van der Waals surface area (Å²) in [5.74, 6) is 3.22. The van der Waals surface area contributed by atoms with E-state index in [1.54, 1.807) is 5.57 Å². The van der Waals surface area contributed by atoms with Crippen LogP contribution in [0.4, 0.5) is 0 Å². The molecule has 4 aliphatic carbocycles. The third kappa shape index (κ3) is 2.81. The Morgan fingerprint density at radius 2 is 1.96 bits per heavy atom. The van der Waals surface area contributed by atoms with Crippen molar-refractivity contribution in [3.05, 3.63) is 36.2 Å². The number of rotatable bonds is 1. The molecule has 0 saturated heterocycles. The van der Waals surface area contributed by atoms with Gasteiger partial charge in [-0.3, -0.25) is 4.98 Å². The molecule has 7 atom stereocenters. The van der Waals surface area contributed by atoms with Gasteiger partial charge < -0.3 is 10.8 Å². The lowest BCUT2D eigenvalue weighted by Gasteiger charge is -2.57. The van der Waals surface area contributed by atoms with E-state index >= 15 is 0 Å². The second-order valence-corrected chi connectivity index (χ2v) is 9.80. The molecule has 27 heavy (non-hydrogen) atoms. The summed E-state index contributed by atoms with van der Waals surface area (Å²) in [7, 11) is 1.50. The largest absolute Gasteiger partial charge is 0.393 e. The molecular weight excluding hydrogens is 332 g/mol. The molecule has 148 valence electrons. The molecule has 4 aliphatic rings. The van der Waals surface area contributed by atoms with Gasteiger partial charge in [-0.1, -0.05) is 26.0 Å². The van der Waals surface area contributed by atoms with Crippen LogP contribution in [0.1, 0.15) is 64.4 Å². The highest BCUT2D eigenvalue weighted by Gasteiger charge is 2.59. The monoisotopic (exact) mass is 368 g/mol. The zero-order valence-corrected chi connectivity index (χ0v) is 17.2. The summed E-state index contributed by atoms with van der Waals surface area (Å²) in [4.78, 5) is 4.37. The Hall–Kier alpha value is -1.19. The van der Waals surface area contributed by atoms with Gasteiger partial charge in [0.25, 0.3) is 0 Å². The Morgan fingerprint density at radius 1 is 1.15 bits per heavy atom. The lowest BCUT2D eigenvalue weighted by atomic mass is 9.47. The van der Waals surface area contributed by atoms with Crippen LogP contribution in [0.15, 0.2) is 30.6 Å². The summed E-state index contributed by atoms with van der Waals surface area (Å²) in [5.41, 5.74) is 8.11. The summed E-state index contributed by atoms with van der Waals surface area (Å²) in [6.45, 7) is 5.04. The maximum absolute atomic E-state index is 10.3. The second-order valence-electron chi connectivity index (χ2n) is 9.80. The minimum atomic E-state index is -0.0466. The van der Waals surface area contributed by atoms with Gasteiger partial charge in [-0.2, -0.15) is 0 Å². The van der Waals surface area contributed by atoms with Crippen LogP contribution in [0.5, 0.6) is 0 Å². The van der Waals surface area contributed by atoms with Crippen LogP contribution in [0.25, 0.3) is 5.57 Å². The average Bonchev–Trinajstić information content (AvgIpc) is 3.19. The quantitative estimate of drug-likeness (QED) is 0.758. The number of hydrogen-bond acceptors (Lipinski definition) is 3.